The highest BCUT2D eigenvalue weighted by molar-refractivity contribution is 7.89. The molecule has 0 atom stereocenters. The Kier molecular flexibility index (Phi) is 4.69. The topological polar surface area (TPSA) is 71.3 Å². The minimum Gasteiger partial charge on any atom is -0.353 e. The van der Waals surface area contributed by atoms with Gasteiger partial charge in [0.1, 0.15) is 10.7 Å². The van der Waals surface area contributed by atoms with Gasteiger partial charge >= 0.3 is 0 Å². The molecule has 1 aromatic carbocycles. The van der Waals surface area contributed by atoms with E-state index in [0.29, 0.717) is 36.8 Å². The van der Waals surface area contributed by atoms with Gasteiger partial charge in [0, 0.05) is 43.8 Å². The van der Waals surface area contributed by atoms with Gasteiger partial charge in [-0.1, -0.05) is 12.1 Å². The number of hydrogen-bond acceptors (Lipinski definition) is 6. The lowest BCUT2D eigenvalue weighted by Crippen LogP contribution is -2.48. The van der Waals surface area contributed by atoms with E-state index in [1.807, 2.05) is 26.0 Å². The molecule has 1 saturated heterocycles. The van der Waals surface area contributed by atoms with Gasteiger partial charge < -0.3 is 4.90 Å². The van der Waals surface area contributed by atoms with E-state index in [0.717, 1.165) is 15.9 Å². The minimum absolute atomic E-state index is 0.127. The van der Waals surface area contributed by atoms with Crippen molar-refractivity contribution in [2.45, 2.75) is 31.7 Å². The maximum absolute atomic E-state index is 13.1. The molecule has 144 valence electrons. The third kappa shape index (κ3) is 3.24. The third-order valence-corrected chi connectivity index (χ3v) is 7.73. The van der Waals surface area contributed by atoms with E-state index < -0.39 is 10.0 Å². The molecule has 1 aliphatic heterocycles. The Labute approximate surface area is 163 Å². The Morgan fingerprint density at radius 3 is 2.48 bits per heavy atom. The van der Waals surface area contributed by atoms with Gasteiger partial charge in [-0.3, -0.25) is 4.68 Å². The van der Waals surface area contributed by atoms with Crippen LogP contribution in [-0.4, -0.2) is 53.1 Å². The van der Waals surface area contributed by atoms with Gasteiger partial charge in [-0.15, -0.1) is 0 Å². The summed E-state index contributed by atoms with van der Waals surface area (Å²) in [6, 6.07) is 8.28. The predicted molar refractivity (Wildman–Crippen MR) is 108 cm³/mol. The lowest BCUT2D eigenvalue weighted by atomic mass is 10.2. The van der Waals surface area contributed by atoms with Gasteiger partial charge in [0.2, 0.25) is 10.0 Å². The van der Waals surface area contributed by atoms with Crippen LogP contribution in [0.15, 0.2) is 35.4 Å². The van der Waals surface area contributed by atoms with Crippen molar-refractivity contribution in [3.63, 3.8) is 0 Å². The van der Waals surface area contributed by atoms with E-state index in [9.17, 15) is 8.42 Å². The maximum Gasteiger partial charge on any atom is 0.246 e. The number of fused-ring (bicyclic) bond motifs is 1. The summed E-state index contributed by atoms with van der Waals surface area (Å²) in [5, 5.41) is 5.49. The molecule has 1 aliphatic rings. The fraction of sp³-hybridized carbons (Fsp3) is 0.444. The summed E-state index contributed by atoms with van der Waals surface area (Å²) in [6.45, 7) is 7.87. The number of sulfonamides is 1. The Morgan fingerprint density at radius 2 is 1.81 bits per heavy atom. The average molecular weight is 406 g/mol. The minimum atomic E-state index is -3.53. The zero-order valence-corrected chi connectivity index (χ0v) is 17.3. The van der Waals surface area contributed by atoms with Crippen LogP contribution in [0.2, 0.25) is 0 Å². The van der Waals surface area contributed by atoms with Crippen LogP contribution in [-0.2, 0) is 10.0 Å². The van der Waals surface area contributed by atoms with Crippen LogP contribution >= 0.6 is 11.5 Å². The number of hydrogen-bond donors (Lipinski definition) is 0. The molecule has 3 heterocycles. The normalized spacial score (nSPS) is 16.5. The van der Waals surface area contributed by atoms with Crippen LogP contribution in [0.3, 0.4) is 0 Å². The Bertz CT molecular complexity index is 1060. The van der Waals surface area contributed by atoms with Crippen molar-refractivity contribution in [2.75, 3.05) is 31.1 Å². The largest absolute Gasteiger partial charge is 0.353 e. The molecule has 9 heteroatoms. The fourth-order valence-corrected chi connectivity index (χ4v) is 5.74. The molecule has 1 fully saturated rings. The molecule has 2 aromatic heterocycles. The molecule has 3 aromatic rings. The fourth-order valence-electron chi connectivity index (χ4n) is 3.36. The zero-order valence-electron chi connectivity index (χ0n) is 15.7. The number of piperazine rings is 1. The van der Waals surface area contributed by atoms with E-state index in [2.05, 4.69) is 26.5 Å². The van der Waals surface area contributed by atoms with Crippen molar-refractivity contribution in [3.05, 3.63) is 36.2 Å². The average Bonchev–Trinajstić information content (AvgIpc) is 3.26. The zero-order chi connectivity index (χ0) is 19.2. The number of aromatic nitrogens is 3. The molecule has 0 unspecified atom stereocenters. The molecule has 0 N–H and O–H groups in total. The monoisotopic (exact) mass is 405 g/mol. The smallest absolute Gasteiger partial charge is 0.246 e. The summed E-state index contributed by atoms with van der Waals surface area (Å²) in [7, 11) is -3.53. The van der Waals surface area contributed by atoms with Crippen molar-refractivity contribution >= 4 is 37.5 Å². The molecule has 0 bridgehead atoms. The van der Waals surface area contributed by atoms with Crippen molar-refractivity contribution in [3.8, 4) is 0 Å². The van der Waals surface area contributed by atoms with Crippen molar-refractivity contribution in [1.29, 1.82) is 0 Å². The van der Waals surface area contributed by atoms with E-state index >= 15 is 0 Å². The highest BCUT2D eigenvalue weighted by Crippen LogP contribution is 2.30. The summed E-state index contributed by atoms with van der Waals surface area (Å²) in [5.41, 5.74) is 0.552. The number of anilines is 1. The Morgan fingerprint density at radius 1 is 1.11 bits per heavy atom. The number of aryl methyl sites for hydroxylation is 1. The molecule has 0 aliphatic carbocycles. The Hall–Kier alpha value is -1.97. The molecule has 4 rings (SSSR count). The second-order valence-corrected chi connectivity index (χ2v) is 9.76. The van der Waals surface area contributed by atoms with Gasteiger partial charge in [0.15, 0.2) is 0 Å². The third-order valence-electron chi connectivity index (χ3n) is 4.92. The molecule has 7 nitrogen and oxygen atoms in total. The highest BCUT2D eigenvalue weighted by Gasteiger charge is 2.32. The van der Waals surface area contributed by atoms with Crippen LogP contribution in [0.1, 0.15) is 25.6 Å². The van der Waals surface area contributed by atoms with E-state index in [1.54, 1.807) is 22.1 Å². The van der Waals surface area contributed by atoms with E-state index in [1.165, 1.54) is 11.5 Å². The number of rotatable bonds is 4. The summed E-state index contributed by atoms with van der Waals surface area (Å²) < 4.78 is 35.2. The predicted octanol–water partition coefficient (Wildman–Crippen LogP) is 2.89. The quantitative estimate of drug-likeness (QED) is 0.667. The molecule has 0 radical (unpaired) electrons. The van der Waals surface area contributed by atoms with Crippen molar-refractivity contribution < 1.29 is 8.42 Å². The van der Waals surface area contributed by atoms with Crippen LogP contribution in [0.4, 0.5) is 5.82 Å². The summed E-state index contributed by atoms with van der Waals surface area (Å²) in [6.07, 6.45) is 1.65. The van der Waals surface area contributed by atoms with E-state index in [-0.39, 0.29) is 6.04 Å². The van der Waals surface area contributed by atoms with Gasteiger partial charge in [-0.05, 0) is 44.4 Å². The molecule has 0 amide bonds. The first-order valence-electron chi connectivity index (χ1n) is 9.03. The first-order valence-corrected chi connectivity index (χ1v) is 11.2. The maximum atomic E-state index is 13.1. The highest BCUT2D eigenvalue weighted by atomic mass is 32.2. The molecule has 27 heavy (non-hydrogen) atoms. The van der Waals surface area contributed by atoms with Crippen molar-refractivity contribution in [1.82, 2.24) is 18.5 Å². The van der Waals surface area contributed by atoms with Crippen molar-refractivity contribution in [2.24, 2.45) is 0 Å². The van der Waals surface area contributed by atoms with Crippen LogP contribution in [0.25, 0.3) is 10.1 Å². The van der Waals surface area contributed by atoms with Gasteiger partial charge in [-0.25, -0.2) is 8.42 Å². The standard InChI is InChI=1S/C18H23N5O2S2/c1-13(2)23-12-17(14(3)19-23)27(24,25)22-10-8-21(9-11-22)18-15-6-4-5-7-16(15)26-20-18/h4-7,12-13H,8-11H2,1-3H3. The second-order valence-electron chi connectivity index (χ2n) is 7.05. The molecular weight excluding hydrogens is 382 g/mol. The SMILES string of the molecule is Cc1nn(C(C)C)cc1S(=O)(=O)N1CCN(c2nsc3ccccc23)CC1. The van der Waals surface area contributed by atoms with Gasteiger partial charge in [0.25, 0.3) is 0 Å². The Balaban J connectivity index is 1.53. The summed E-state index contributed by atoms with van der Waals surface area (Å²) in [4.78, 5) is 2.48. The first-order chi connectivity index (χ1) is 12.9. The van der Waals surface area contributed by atoms with Gasteiger partial charge in [0.05, 0.1) is 10.4 Å². The van der Waals surface area contributed by atoms with Crippen LogP contribution < -0.4 is 4.90 Å². The molecule has 0 saturated carbocycles. The number of nitrogens with zero attached hydrogens (tertiary/aromatic N) is 5. The lowest BCUT2D eigenvalue weighted by Gasteiger charge is -2.34. The summed E-state index contributed by atoms with van der Waals surface area (Å²) >= 11 is 1.48. The number of benzene rings is 1. The van der Waals surface area contributed by atoms with Gasteiger partial charge in [-0.2, -0.15) is 13.8 Å². The lowest BCUT2D eigenvalue weighted by molar-refractivity contribution is 0.384. The molecule has 0 spiro atoms. The summed E-state index contributed by atoms with van der Waals surface area (Å²) in [5.74, 6) is 0.955. The second kappa shape index (κ2) is 6.88. The first kappa shape index (κ1) is 18.4. The molecular formula is C18H23N5O2S2. The van der Waals surface area contributed by atoms with Crippen LogP contribution in [0, 0.1) is 6.92 Å². The van der Waals surface area contributed by atoms with Crippen LogP contribution in [0.5, 0.6) is 0 Å². The van der Waals surface area contributed by atoms with E-state index in [4.69, 9.17) is 0 Å².